The highest BCUT2D eigenvalue weighted by Crippen LogP contribution is 2.28. The van der Waals surface area contributed by atoms with Crippen LogP contribution < -0.4 is 0 Å². The minimum Gasteiger partial charge on any atom is -0.328 e. The first kappa shape index (κ1) is 13.7. The number of fused-ring (bicyclic) bond motifs is 2. The first-order chi connectivity index (χ1) is 10.8. The number of nitrogens with zero attached hydrogens (tertiary/aromatic N) is 3. The lowest BCUT2D eigenvalue weighted by molar-refractivity contribution is 0.622. The fraction of sp³-hybridized carbons (Fsp3) is 0.333. The van der Waals surface area contributed by atoms with Crippen LogP contribution in [0.5, 0.6) is 0 Å². The van der Waals surface area contributed by atoms with Crippen LogP contribution in [0, 0.1) is 4.64 Å². The minimum absolute atomic E-state index is 0.944. The van der Waals surface area contributed by atoms with Crippen LogP contribution in [0.4, 0.5) is 0 Å². The van der Waals surface area contributed by atoms with Gasteiger partial charge in [-0.25, -0.2) is 4.98 Å². The lowest BCUT2D eigenvalue weighted by Crippen LogP contribution is -2.09. The second kappa shape index (κ2) is 5.36. The second-order valence-corrected chi connectivity index (χ2v) is 6.37. The third-order valence-electron chi connectivity index (χ3n) is 4.57. The molecule has 1 aromatic carbocycles. The van der Waals surface area contributed by atoms with Gasteiger partial charge in [0.05, 0.1) is 11.1 Å². The molecular formula is C18H19N3S. The van der Waals surface area contributed by atoms with Crippen molar-refractivity contribution in [1.82, 2.24) is 14.1 Å². The Morgan fingerprint density at radius 2 is 1.91 bits per heavy atom. The highest BCUT2D eigenvalue weighted by molar-refractivity contribution is 7.71. The molecule has 0 N–H and O–H groups in total. The van der Waals surface area contributed by atoms with E-state index in [9.17, 15) is 0 Å². The average Bonchev–Trinajstić information content (AvgIpc) is 2.73. The van der Waals surface area contributed by atoms with Crippen molar-refractivity contribution in [3.05, 3.63) is 46.9 Å². The van der Waals surface area contributed by atoms with Gasteiger partial charge in [0.1, 0.15) is 16.1 Å². The molecule has 1 aliphatic heterocycles. The van der Waals surface area contributed by atoms with Crippen LogP contribution in [0.15, 0.2) is 36.4 Å². The van der Waals surface area contributed by atoms with Crippen LogP contribution in [0.2, 0.25) is 0 Å². The Bertz CT molecular complexity index is 890. The van der Waals surface area contributed by atoms with Gasteiger partial charge in [0, 0.05) is 20.0 Å². The summed E-state index contributed by atoms with van der Waals surface area (Å²) in [5, 5.41) is 1.10. The molecule has 0 spiro atoms. The number of aromatic nitrogens is 3. The Hall–Kier alpha value is -1.94. The second-order valence-electron chi connectivity index (χ2n) is 5.99. The predicted octanol–water partition coefficient (Wildman–Crippen LogP) is 4.50. The van der Waals surface area contributed by atoms with Gasteiger partial charge in [-0.05, 0) is 24.5 Å². The Balaban J connectivity index is 1.99. The summed E-state index contributed by atoms with van der Waals surface area (Å²) in [4.78, 5) is 4.94. The fourth-order valence-corrected chi connectivity index (χ4v) is 3.71. The number of hydrogen-bond donors (Lipinski definition) is 0. The molecule has 0 unspecified atom stereocenters. The number of hydrogen-bond acceptors (Lipinski definition) is 2. The maximum Gasteiger partial charge on any atom is 0.145 e. The molecule has 2 aromatic heterocycles. The molecule has 0 radical (unpaired) electrons. The number of aryl methyl sites for hydroxylation is 2. The molecule has 0 atom stereocenters. The number of benzene rings is 1. The van der Waals surface area contributed by atoms with Crippen LogP contribution >= 0.6 is 12.2 Å². The Morgan fingerprint density at radius 3 is 2.73 bits per heavy atom. The summed E-state index contributed by atoms with van der Waals surface area (Å²) in [6.07, 6.45) is 4.71. The van der Waals surface area contributed by atoms with Crippen molar-refractivity contribution in [3.8, 4) is 11.3 Å². The normalized spacial score (nSPS) is 14.8. The molecule has 0 saturated carbocycles. The van der Waals surface area contributed by atoms with Crippen LogP contribution in [0.1, 0.15) is 25.1 Å². The molecule has 0 amide bonds. The van der Waals surface area contributed by atoms with E-state index in [1.54, 1.807) is 0 Å². The van der Waals surface area contributed by atoms with E-state index in [1.165, 1.54) is 30.5 Å². The molecule has 0 saturated heterocycles. The van der Waals surface area contributed by atoms with Gasteiger partial charge < -0.3 is 9.13 Å². The summed E-state index contributed by atoms with van der Waals surface area (Å²) in [6, 6.07) is 12.6. The van der Waals surface area contributed by atoms with Crippen molar-refractivity contribution in [2.75, 3.05) is 0 Å². The van der Waals surface area contributed by atoms with Crippen molar-refractivity contribution < 1.29 is 0 Å². The predicted molar refractivity (Wildman–Crippen MR) is 92.5 cm³/mol. The summed E-state index contributed by atoms with van der Waals surface area (Å²) in [7, 11) is 2.08. The van der Waals surface area contributed by atoms with E-state index in [-0.39, 0.29) is 0 Å². The lowest BCUT2D eigenvalue weighted by atomic mass is 10.1. The SMILES string of the molecule is Cn1c(-c2ccccc2)cc2c(=S)n3c(nc21)CCCCC3. The zero-order valence-corrected chi connectivity index (χ0v) is 13.6. The topological polar surface area (TPSA) is 22.8 Å². The van der Waals surface area contributed by atoms with E-state index in [0.29, 0.717) is 0 Å². The van der Waals surface area contributed by atoms with E-state index in [0.717, 1.165) is 34.5 Å². The summed E-state index contributed by atoms with van der Waals surface area (Å²) in [5.74, 6) is 1.15. The maximum absolute atomic E-state index is 5.77. The van der Waals surface area contributed by atoms with Gasteiger partial charge in [-0.1, -0.05) is 49.0 Å². The van der Waals surface area contributed by atoms with E-state index >= 15 is 0 Å². The van der Waals surface area contributed by atoms with Crippen molar-refractivity contribution in [3.63, 3.8) is 0 Å². The molecular weight excluding hydrogens is 290 g/mol. The Morgan fingerprint density at radius 1 is 1.09 bits per heavy atom. The van der Waals surface area contributed by atoms with E-state index in [2.05, 4.69) is 46.5 Å². The van der Waals surface area contributed by atoms with Gasteiger partial charge in [0.15, 0.2) is 0 Å². The summed E-state index contributed by atoms with van der Waals surface area (Å²) < 4.78 is 5.37. The lowest BCUT2D eigenvalue weighted by Gasteiger charge is -2.10. The van der Waals surface area contributed by atoms with Gasteiger partial charge in [0.2, 0.25) is 0 Å². The van der Waals surface area contributed by atoms with Crippen molar-refractivity contribution >= 4 is 23.3 Å². The van der Waals surface area contributed by atoms with Gasteiger partial charge in [-0.2, -0.15) is 0 Å². The molecule has 4 heteroatoms. The molecule has 0 fully saturated rings. The van der Waals surface area contributed by atoms with Crippen LogP contribution in [-0.2, 0) is 20.0 Å². The summed E-state index contributed by atoms with van der Waals surface area (Å²) in [5.41, 5.74) is 3.39. The third-order valence-corrected chi connectivity index (χ3v) is 5.02. The van der Waals surface area contributed by atoms with Crippen LogP contribution in [0.3, 0.4) is 0 Å². The standard InChI is InChI=1S/C18H19N3S/c1-20-15(13-8-4-2-5-9-13)12-14-17(20)19-16-10-6-3-7-11-21(16)18(14)22/h2,4-5,8-9,12H,3,6-7,10-11H2,1H3. The molecule has 1 aliphatic rings. The third kappa shape index (κ3) is 2.10. The molecule has 3 nitrogen and oxygen atoms in total. The van der Waals surface area contributed by atoms with Crippen molar-refractivity contribution in [2.24, 2.45) is 7.05 Å². The molecule has 22 heavy (non-hydrogen) atoms. The molecule has 0 aliphatic carbocycles. The zero-order valence-electron chi connectivity index (χ0n) is 12.7. The van der Waals surface area contributed by atoms with Gasteiger partial charge in [-0.15, -0.1) is 0 Å². The quantitative estimate of drug-likeness (QED) is 0.618. The molecule has 0 bridgehead atoms. The molecule has 4 rings (SSSR count). The highest BCUT2D eigenvalue weighted by Gasteiger charge is 2.16. The minimum atomic E-state index is 0.944. The molecule has 112 valence electrons. The smallest absolute Gasteiger partial charge is 0.145 e. The van der Waals surface area contributed by atoms with Crippen LogP contribution in [-0.4, -0.2) is 14.1 Å². The number of rotatable bonds is 1. The molecule has 3 heterocycles. The van der Waals surface area contributed by atoms with E-state index in [1.807, 2.05) is 6.07 Å². The van der Waals surface area contributed by atoms with Crippen molar-refractivity contribution in [1.29, 1.82) is 0 Å². The maximum atomic E-state index is 5.77. The first-order valence-corrected chi connectivity index (χ1v) is 8.31. The largest absolute Gasteiger partial charge is 0.328 e. The highest BCUT2D eigenvalue weighted by atomic mass is 32.1. The van der Waals surface area contributed by atoms with Crippen LogP contribution in [0.25, 0.3) is 22.3 Å². The monoisotopic (exact) mass is 309 g/mol. The zero-order chi connectivity index (χ0) is 15.1. The summed E-state index contributed by atoms with van der Waals surface area (Å²) >= 11 is 5.77. The summed E-state index contributed by atoms with van der Waals surface area (Å²) in [6.45, 7) is 1.01. The Labute approximate surface area is 135 Å². The van der Waals surface area contributed by atoms with Crippen molar-refractivity contribution in [2.45, 2.75) is 32.2 Å². The Kier molecular flexibility index (Phi) is 3.34. The van der Waals surface area contributed by atoms with Gasteiger partial charge >= 0.3 is 0 Å². The van der Waals surface area contributed by atoms with Gasteiger partial charge in [0.25, 0.3) is 0 Å². The van der Waals surface area contributed by atoms with Gasteiger partial charge in [-0.3, -0.25) is 0 Å². The van der Waals surface area contributed by atoms with E-state index < -0.39 is 0 Å². The molecule has 3 aromatic rings. The van der Waals surface area contributed by atoms with E-state index in [4.69, 9.17) is 17.2 Å². The first-order valence-electron chi connectivity index (χ1n) is 7.90. The fourth-order valence-electron chi connectivity index (χ4n) is 3.37. The average molecular weight is 309 g/mol.